The molecule has 1 atom stereocenters. The van der Waals surface area contributed by atoms with Crippen LogP contribution in [0.1, 0.15) is 45.1 Å². The molecule has 0 aliphatic carbocycles. The topological polar surface area (TPSA) is 78.0 Å². The summed E-state index contributed by atoms with van der Waals surface area (Å²) >= 11 is 0. The zero-order valence-electron chi connectivity index (χ0n) is 18.2. The van der Waals surface area contributed by atoms with E-state index in [1.165, 1.54) is 32.2 Å². The Morgan fingerprint density at radius 1 is 1.24 bits per heavy atom. The number of nitrogens with one attached hydrogen (secondary N) is 3. The Bertz CT molecular complexity index is 650. The molecular formula is C22H37N5O2. The predicted molar refractivity (Wildman–Crippen MR) is 118 cm³/mol. The molecule has 1 unspecified atom stereocenters. The summed E-state index contributed by atoms with van der Waals surface area (Å²) in [5.41, 5.74) is 1.07. The van der Waals surface area contributed by atoms with E-state index in [9.17, 15) is 4.79 Å². The Hall–Kier alpha value is -2.28. The van der Waals surface area contributed by atoms with Crippen molar-refractivity contribution in [2.24, 2.45) is 4.99 Å². The molecule has 0 radical (unpaired) electrons. The van der Waals surface area contributed by atoms with Gasteiger partial charge in [0.05, 0.1) is 0 Å². The molecule has 1 aromatic rings. The SMILES string of the molecule is CCNC(=O)COc1cccc(CNC(=NC)NCCN2CCCCC2CC)c1. The minimum atomic E-state index is -0.111. The number of likely N-dealkylation sites (N-methyl/N-ethyl adjacent to an activating group) is 1. The lowest BCUT2D eigenvalue weighted by molar-refractivity contribution is -0.122. The van der Waals surface area contributed by atoms with Crippen molar-refractivity contribution in [1.29, 1.82) is 0 Å². The molecule has 0 saturated carbocycles. The number of hydrogen-bond acceptors (Lipinski definition) is 4. The van der Waals surface area contributed by atoms with Crippen LogP contribution in [0, 0.1) is 0 Å². The van der Waals surface area contributed by atoms with Crippen molar-refractivity contribution < 1.29 is 9.53 Å². The van der Waals surface area contributed by atoms with Crippen LogP contribution in [-0.4, -0.2) is 62.6 Å². The van der Waals surface area contributed by atoms with E-state index in [1.54, 1.807) is 7.05 Å². The van der Waals surface area contributed by atoms with Gasteiger partial charge in [-0.3, -0.25) is 14.7 Å². The quantitative estimate of drug-likeness (QED) is 0.412. The second-order valence-corrected chi connectivity index (χ2v) is 7.34. The minimum absolute atomic E-state index is 0.0310. The van der Waals surface area contributed by atoms with Crippen LogP contribution in [0.15, 0.2) is 29.3 Å². The maximum Gasteiger partial charge on any atom is 0.257 e. The van der Waals surface area contributed by atoms with Crippen molar-refractivity contribution in [2.75, 3.05) is 39.8 Å². The lowest BCUT2D eigenvalue weighted by Crippen LogP contribution is -2.45. The lowest BCUT2D eigenvalue weighted by Gasteiger charge is -2.35. The summed E-state index contributed by atoms with van der Waals surface area (Å²) in [6, 6.07) is 8.49. The first-order valence-electron chi connectivity index (χ1n) is 10.8. The van der Waals surface area contributed by atoms with Crippen molar-refractivity contribution in [2.45, 2.75) is 52.1 Å². The molecule has 1 amide bonds. The van der Waals surface area contributed by atoms with Crippen molar-refractivity contribution in [3.8, 4) is 5.75 Å². The summed E-state index contributed by atoms with van der Waals surface area (Å²) in [5, 5.41) is 9.48. The molecule has 0 aromatic heterocycles. The maximum absolute atomic E-state index is 11.5. The van der Waals surface area contributed by atoms with E-state index in [0.29, 0.717) is 18.8 Å². The Morgan fingerprint density at radius 3 is 2.86 bits per heavy atom. The number of carbonyl (C=O) groups excluding carboxylic acids is 1. The summed E-state index contributed by atoms with van der Waals surface area (Å²) in [7, 11) is 1.79. The fourth-order valence-electron chi connectivity index (χ4n) is 3.68. The first kappa shape index (κ1) is 23.0. The predicted octanol–water partition coefficient (Wildman–Crippen LogP) is 2.13. The van der Waals surface area contributed by atoms with Crippen LogP contribution in [0.2, 0.25) is 0 Å². The van der Waals surface area contributed by atoms with Gasteiger partial charge in [-0.05, 0) is 50.4 Å². The Morgan fingerprint density at radius 2 is 2.10 bits per heavy atom. The van der Waals surface area contributed by atoms with E-state index in [4.69, 9.17) is 4.74 Å². The molecule has 7 heteroatoms. The van der Waals surface area contributed by atoms with Crippen molar-refractivity contribution in [3.63, 3.8) is 0 Å². The molecule has 1 heterocycles. The highest BCUT2D eigenvalue weighted by Gasteiger charge is 2.19. The van der Waals surface area contributed by atoms with E-state index in [0.717, 1.165) is 30.7 Å². The zero-order valence-corrected chi connectivity index (χ0v) is 18.2. The van der Waals surface area contributed by atoms with Gasteiger partial charge in [-0.25, -0.2) is 0 Å². The van der Waals surface area contributed by atoms with E-state index in [1.807, 2.05) is 31.2 Å². The summed E-state index contributed by atoms with van der Waals surface area (Å²) in [6.07, 6.45) is 5.22. The second kappa shape index (κ2) is 13.0. The van der Waals surface area contributed by atoms with Gasteiger partial charge in [-0.2, -0.15) is 0 Å². The third-order valence-corrected chi connectivity index (χ3v) is 5.24. The fourth-order valence-corrected chi connectivity index (χ4v) is 3.68. The summed E-state index contributed by atoms with van der Waals surface area (Å²) in [4.78, 5) is 18.4. The number of benzene rings is 1. The van der Waals surface area contributed by atoms with Crippen LogP contribution in [-0.2, 0) is 11.3 Å². The average molecular weight is 404 g/mol. The number of piperidine rings is 1. The summed E-state index contributed by atoms with van der Waals surface area (Å²) in [5.74, 6) is 1.37. The van der Waals surface area contributed by atoms with Gasteiger partial charge in [0.15, 0.2) is 12.6 Å². The Balaban J connectivity index is 1.74. The number of hydrogen-bond donors (Lipinski definition) is 3. The summed E-state index contributed by atoms with van der Waals surface area (Å²) in [6.45, 7) is 8.58. The van der Waals surface area contributed by atoms with Crippen molar-refractivity contribution in [3.05, 3.63) is 29.8 Å². The van der Waals surface area contributed by atoms with E-state index in [2.05, 4.69) is 32.8 Å². The molecule has 162 valence electrons. The number of likely N-dealkylation sites (tertiary alicyclic amines) is 1. The van der Waals surface area contributed by atoms with Crippen LogP contribution < -0.4 is 20.7 Å². The molecule has 1 fully saturated rings. The minimum Gasteiger partial charge on any atom is -0.484 e. The molecule has 2 rings (SSSR count). The third-order valence-electron chi connectivity index (χ3n) is 5.24. The molecule has 0 bridgehead atoms. The van der Waals surface area contributed by atoms with Gasteiger partial charge in [0, 0.05) is 39.3 Å². The zero-order chi connectivity index (χ0) is 20.9. The van der Waals surface area contributed by atoms with Gasteiger partial charge >= 0.3 is 0 Å². The maximum atomic E-state index is 11.5. The van der Waals surface area contributed by atoms with Crippen LogP contribution >= 0.6 is 0 Å². The number of ether oxygens (including phenoxy) is 1. The lowest BCUT2D eigenvalue weighted by atomic mass is 10.0. The molecule has 7 nitrogen and oxygen atoms in total. The number of rotatable bonds is 10. The number of nitrogens with zero attached hydrogens (tertiary/aromatic N) is 2. The monoisotopic (exact) mass is 403 g/mol. The van der Waals surface area contributed by atoms with Crippen LogP contribution in [0.4, 0.5) is 0 Å². The fraction of sp³-hybridized carbons (Fsp3) is 0.636. The van der Waals surface area contributed by atoms with E-state index >= 15 is 0 Å². The summed E-state index contributed by atoms with van der Waals surface area (Å²) < 4.78 is 5.56. The highest BCUT2D eigenvalue weighted by molar-refractivity contribution is 5.79. The normalized spacial score (nSPS) is 17.6. The molecule has 1 saturated heterocycles. The smallest absolute Gasteiger partial charge is 0.257 e. The molecule has 3 N–H and O–H groups in total. The molecule has 1 aliphatic rings. The van der Waals surface area contributed by atoms with Gasteiger partial charge in [0.25, 0.3) is 5.91 Å². The Kier molecular flexibility index (Phi) is 10.3. The third kappa shape index (κ3) is 8.31. The highest BCUT2D eigenvalue weighted by Crippen LogP contribution is 2.18. The van der Waals surface area contributed by atoms with Gasteiger partial charge in [-0.15, -0.1) is 0 Å². The molecular weight excluding hydrogens is 366 g/mol. The van der Waals surface area contributed by atoms with E-state index in [-0.39, 0.29) is 12.5 Å². The first-order chi connectivity index (χ1) is 14.2. The molecule has 1 aromatic carbocycles. The average Bonchev–Trinajstić information content (AvgIpc) is 2.75. The van der Waals surface area contributed by atoms with Crippen LogP contribution in [0.25, 0.3) is 0 Å². The first-order valence-corrected chi connectivity index (χ1v) is 10.8. The van der Waals surface area contributed by atoms with Crippen molar-refractivity contribution in [1.82, 2.24) is 20.9 Å². The number of amides is 1. The van der Waals surface area contributed by atoms with Crippen LogP contribution in [0.5, 0.6) is 5.75 Å². The largest absolute Gasteiger partial charge is 0.484 e. The van der Waals surface area contributed by atoms with E-state index < -0.39 is 0 Å². The molecule has 29 heavy (non-hydrogen) atoms. The molecule has 0 spiro atoms. The Labute approximate surface area is 175 Å². The standard InChI is InChI=1S/C22H37N5O2/c1-4-19-10-6-7-13-27(19)14-12-25-22(23-3)26-16-18-9-8-11-20(15-18)29-17-21(28)24-5-2/h8-9,11,15,19H,4-7,10,12-14,16-17H2,1-3H3,(H,24,28)(H2,23,25,26). The number of carbonyl (C=O) groups is 1. The number of aliphatic imine (C=N–C) groups is 1. The van der Waals surface area contributed by atoms with Gasteiger partial charge in [0.2, 0.25) is 0 Å². The number of guanidine groups is 1. The van der Waals surface area contributed by atoms with Crippen LogP contribution in [0.3, 0.4) is 0 Å². The second-order valence-electron chi connectivity index (χ2n) is 7.34. The van der Waals surface area contributed by atoms with Gasteiger partial charge in [0.1, 0.15) is 5.75 Å². The highest BCUT2D eigenvalue weighted by atomic mass is 16.5. The van der Waals surface area contributed by atoms with Gasteiger partial charge < -0.3 is 20.7 Å². The molecule has 1 aliphatic heterocycles. The van der Waals surface area contributed by atoms with Crippen molar-refractivity contribution >= 4 is 11.9 Å². The van der Waals surface area contributed by atoms with Gasteiger partial charge in [-0.1, -0.05) is 25.5 Å².